The van der Waals surface area contributed by atoms with Gasteiger partial charge in [0.25, 0.3) is 10.2 Å². The predicted octanol–water partition coefficient (Wildman–Crippen LogP) is 0.353. The van der Waals surface area contributed by atoms with E-state index in [1.54, 1.807) is 11.4 Å². The fourth-order valence-corrected chi connectivity index (χ4v) is 4.42. The summed E-state index contributed by atoms with van der Waals surface area (Å²) in [7, 11) is -1.73. The van der Waals surface area contributed by atoms with Crippen molar-refractivity contribution in [3.63, 3.8) is 0 Å². The van der Waals surface area contributed by atoms with Gasteiger partial charge in [0.05, 0.1) is 6.61 Å². The van der Waals surface area contributed by atoms with E-state index in [0.717, 1.165) is 38.8 Å². The van der Waals surface area contributed by atoms with Crippen molar-refractivity contribution in [3.05, 3.63) is 0 Å². The van der Waals surface area contributed by atoms with Crippen LogP contribution in [0.4, 0.5) is 0 Å². The number of piperidine rings is 1. The second kappa shape index (κ2) is 8.51. The Morgan fingerprint density at radius 2 is 2.00 bits per heavy atom. The summed E-state index contributed by atoms with van der Waals surface area (Å²) in [5.41, 5.74) is 0. The Hall–Kier alpha value is 0.0800. The molecule has 0 aromatic carbocycles. The van der Waals surface area contributed by atoms with Crippen LogP contribution in [0.2, 0.25) is 0 Å². The topological polar surface area (TPSA) is 70.7 Å². The monoisotopic (exact) mass is 327 g/mol. The third-order valence-electron chi connectivity index (χ3n) is 4.00. The van der Waals surface area contributed by atoms with E-state index in [0.29, 0.717) is 25.6 Å². The zero-order valence-corrected chi connectivity index (χ0v) is 13.6. The van der Waals surface area contributed by atoms with Crippen molar-refractivity contribution in [2.45, 2.75) is 31.7 Å². The normalized spacial score (nSPS) is 25.6. The molecule has 2 saturated heterocycles. The van der Waals surface area contributed by atoms with Gasteiger partial charge in [-0.2, -0.15) is 12.7 Å². The molecule has 0 bridgehead atoms. The van der Waals surface area contributed by atoms with E-state index in [-0.39, 0.29) is 18.4 Å². The minimum atomic E-state index is -3.35. The molecule has 1 atom stereocenters. The summed E-state index contributed by atoms with van der Waals surface area (Å²) in [4.78, 5) is 0. The molecule has 0 aromatic heterocycles. The van der Waals surface area contributed by atoms with Crippen LogP contribution < -0.4 is 10.0 Å². The van der Waals surface area contributed by atoms with Crippen molar-refractivity contribution in [3.8, 4) is 0 Å². The van der Waals surface area contributed by atoms with Gasteiger partial charge < -0.3 is 10.1 Å². The van der Waals surface area contributed by atoms with Crippen molar-refractivity contribution in [2.75, 3.05) is 39.9 Å². The van der Waals surface area contributed by atoms with Crippen molar-refractivity contribution >= 4 is 22.6 Å². The van der Waals surface area contributed by atoms with Crippen LogP contribution >= 0.6 is 12.4 Å². The molecule has 20 heavy (non-hydrogen) atoms. The van der Waals surface area contributed by atoms with Crippen LogP contribution in [0.1, 0.15) is 25.7 Å². The van der Waals surface area contributed by atoms with Crippen LogP contribution in [-0.4, -0.2) is 58.7 Å². The molecule has 0 saturated carbocycles. The molecular weight excluding hydrogens is 302 g/mol. The largest absolute Gasteiger partial charge is 0.383 e. The molecule has 8 heteroatoms. The number of nitrogens with zero attached hydrogens (tertiary/aromatic N) is 1. The van der Waals surface area contributed by atoms with Crippen LogP contribution in [0.25, 0.3) is 0 Å². The summed E-state index contributed by atoms with van der Waals surface area (Å²) in [6, 6.07) is -0.00415. The maximum absolute atomic E-state index is 12.3. The number of ether oxygens (including phenoxy) is 1. The number of nitrogens with one attached hydrogen (secondary N) is 2. The summed E-state index contributed by atoms with van der Waals surface area (Å²) < 4.78 is 34.1. The Morgan fingerprint density at radius 3 is 2.65 bits per heavy atom. The van der Waals surface area contributed by atoms with Crippen molar-refractivity contribution in [2.24, 2.45) is 5.92 Å². The Kier molecular flexibility index (Phi) is 7.71. The fraction of sp³-hybridized carbons (Fsp3) is 1.00. The highest BCUT2D eigenvalue weighted by Crippen LogP contribution is 2.21. The average Bonchev–Trinajstić information content (AvgIpc) is 2.87. The summed E-state index contributed by atoms with van der Waals surface area (Å²) in [6.07, 6.45) is 3.90. The molecular formula is C12H26ClN3O3S. The lowest BCUT2D eigenvalue weighted by atomic mass is 9.99. The molecule has 0 aliphatic carbocycles. The molecule has 2 fully saturated rings. The minimum absolute atomic E-state index is 0. The Morgan fingerprint density at radius 1 is 1.30 bits per heavy atom. The Labute approximate surface area is 128 Å². The maximum Gasteiger partial charge on any atom is 0.279 e. The zero-order valence-electron chi connectivity index (χ0n) is 12.0. The van der Waals surface area contributed by atoms with Gasteiger partial charge in [0.1, 0.15) is 0 Å². The quantitative estimate of drug-likeness (QED) is 0.738. The summed E-state index contributed by atoms with van der Waals surface area (Å²) in [5, 5.41) is 3.29. The van der Waals surface area contributed by atoms with E-state index in [9.17, 15) is 8.42 Å². The number of hydrogen-bond acceptors (Lipinski definition) is 4. The SMILES string of the molecule is COCC1CCCN1S(=O)(=O)NCC1CCNCC1.Cl. The maximum atomic E-state index is 12.3. The standard InChI is InChI=1S/C12H25N3O3S.ClH/c1-18-10-12-3-2-8-15(12)19(16,17)14-9-11-4-6-13-7-5-11;/h11-14H,2-10H2,1H3;1H. The average molecular weight is 328 g/mol. The highest BCUT2D eigenvalue weighted by Gasteiger charge is 2.34. The number of rotatable bonds is 6. The van der Waals surface area contributed by atoms with E-state index in [1.165, 1.54) is 0 Å². The molecule has 0 radical (unpaired) electrons. The minimum Gasteiger partial charge on any atom is -0.383 e. The first-order valence-corrected chi connectivity index (χ1v) is 8.53. The highest BCUT2D eigenvalue weighted by molar-refractivity contribution is 7.87. The number of methoxy groups -OCH3 is 1. The number of hydrogen-bond donors (Lipinski definition) is 2. The lowest BCUT2D eigenvalue weighted by Gasteiger charge is -2.27. The lowest BCUT2D eigenvalue weighted by Crippen LogP contribution is -2.47. The molecule has 120 valence electrons. The second-order valence-electron chi connectivity index (χ2n) is 5.41. The predicted molar refractivity (Wildman–Crippen MR) is 81.4 cm³/mol. The molecule has 0 spiro atoms. The van der Waals surface area contributed by atoms with Gasteiger partial charge in [-0.15, -0.1) is 12.4 Å². The molecule has 2 N–H and O–H groups in total. The number of halogens is 1. The second-order valence-corrected chi connectivity index (χ2v) is 7.12. The summed E-state index contributed by atoms with van der Waals surface area (Å²) >= 11 is 0. The van der Waals surface area contributed by atoms with E-state index in [4.69, 9.17) is 4.74 Å². The molecule has 0 aromatic rings. The summed E-state index contributed by atoms with van der Waals surface area (Å²) in [5.74, 6) is 0.458. The Bertz CT molecular complexity index is 374. The first-order chi connectivity index (χ1) is 9.13. The first kappa shape index (κ1) is 18.1. The van der Waals surface area contributed by atoms with Crippen molar-refractivity contribution < 1.29 is 13.2 Å². The van der Waals surface area contributed by atoms with Gasteiger partial charge in [-0.05, 0) is 44.7 Å². The van der Waals surface area contributed by atoms with E-state index < -0.39 is 10.2 Å². The molecule has 2 aliphatic rings. The third-order valence-corrected chi connectivity index (χ3v) is 5.63. The van der Waals surface area contributed by atoms with Gasteiger partial charge >= 0.3 is 0 Å². The molecule has 2 heterocycles. The fourth-order valence-electron chi connectivity index (χ4n) is 2.88. The van der Waals surface area contributed by atoms with Crippen LogP contribution in [0.5, 0.6) is 0 Å². The van der Waals surface area contributed by atoms with Gasteiger partial charge in [0.15, 0.2) is 0 Å². The first-order valence-electron chi connectivity index (χ1n) is 7.09. The van der Waals surface area contributed by atoms with Gasteiger partial charge in [0.2, 0.25) is 0 Å². The zero-order chi connectivity index (χ0) is 13.7. The summed E-state index contributed by atoms with van der Waals surface area (Å²) in [6.45, 7) is 3.62. The van der Waals surface area contributed by atoms with Crippen molar-refractivity contribution in [1.29, 1.82) is 0 Å². The van der Waals surface area contributed by atoms with Crippen LogP contribution in [0.15, 0.2) is 0 Å². The van der Waals surface area contributed by atoms with Gasteiger partial charge in [-0.1, -0.05) is 0 Å². The molecule has 1 unspecified atom stereocenters. The molecule has 0 amide bonds. The van der Waals surface area contributed by atoms with Gasteiger partial charge in [-0.25, -0.2) is 4.72 Å². The van der Waals surface area contributed by atoms with Crippen molar-refractivity contribution in [1.82, 2.24) is 14.3 Å². The highest BCUT2D eigenvalue weighted by atomic mass is 35.5. The third kappa shape index (κ3) is 4.82. The van der Waals surface area contributed by atoms with Crippen LogP contribution in [0.3, 0.4) is 0 Å². The van der Waals surface area contributed by atoms with Gasteiger partial charge in [0, 0.05) is 26.2 Å². The van der Waals surface area contributed by atoms with E-state index >= 15 is 0 Å². The molecule has 6 nitrogen and oxygen atoms in total. The van der Waals surface area contributed by atoms with E-state index in [1.807, 2.05) is 0 Å². The van der Waals surface area contributed by atoms with Gasteiger partial charge in [-0.3, -0.25) is 0 Å². The Balaban J connectivity index is 0.00000200. The lowest BCUT2D eigenvalue weighted by molar-refractivity contribution is 0.148. The smallest absolute Gasteiger partial charge is 0.279 e. The van der Waals surface area contributed by atoms with E-state index in [2.05, 4.69) is 10.0 Å². The molecule has 2 aliphatic heterocycles. The van der Waals surface area contributed by atoms with Crippen LogP contribution in [-0.2, 0) is 14.9 Å². The molecule has 2 rings (SSSR count). The van der Waals surface area contributed by atoms with Crippen LogP contribution in [0, 0.1) is 5.92 Å².